The van der Waals surface area contributed by atoms with Crippen molar-refractivity contribution in [3.05, 3.63) is 33.5 Å². The summed E-state index contributed by atoms with van der Waals surface area (Å²) in [7, 11) is 1.64. The summed E-state index contributed by atoms with van der Waals surface area (Å²) < 4.78 is 6.18. The molecule has 2 rings (SSSR count). The smallest absolute Gasteiger partial charge is 0.162 e. The number of hydrogen-bond donors (Lipinski definition) is 2. The number of benzene rings is 1. The molecule has 1 aromatic heterocycles. The highest BCUT2D eigenvalue weighted by Gasteiger charge is 2.13. The molecule has 0 radical (unpaired) electrons. The maximum Gasteiger partial charge on any atom is 0.162 e. The SMILES string of the molecule is CCCNc1nc(-c2cccc(O)c2)nc(COC)c1I. The number of nitrogens with one attached hydrogen (secondary N) is 1. The third-order valence-electron chi connectivity index (χ3n) is 2.85. The summed E-state index contributed by atoms with van der Waals surface area (Å²) >= 11 is 2.23. The standard InChI is InChI=1S/C15H18IN3O2/c1-3-7-17-15-13(16)12(9-21-2)18-14(19-15)10-5-4-6-11(20)8-10/h4-6,8,20H,3,7,9H2,1-2H3,(H,17,18,19). The van der Waals surface area contributed by atoms with Crippen molar-refractivity contribution in [3.63, 3.8) is 0 Å². The second-order valence-corrected chi connectivity index (χ2v) is 5.65. The number of anilines is 1. The summed E-state index contributed by atoms with van der Waals surface area (Å²) in [6.07, 6.45) is 1.02. The molecule has 0 bridgehead atoms. The molecule has 0 saturated carbocycles. The second kappa shape index (κ2) is 7.56. The maximum atomic E-state index is 9.62. The molecule has 1 heterocycles. The lowest BCUT2D eigenvalue weighted by molar-refractivity contribution is 0.181. The van der Waals surface area contributed by atoms with E-state index in [9.17, 15) is 5.11 Å². The number of halogens is 1. The topological polar surface area (TPSA) is 67.3 Å². The molecule has 112 valence electrons. The largest absolute Gasteiger partial charge is 0.508 e. The molecule has 0 fully saturated rings. The first-order chi connectivity index (χ1) is 10.2. The minimum Gasteiger partial charge on any atom is -0.508 e. The summed E-state index contributed by atoms with van der Waals surface area (Å²) in [6.45, 7) is 3.37. The van der Waals surface area contributed by atoms with Crippen LogP contribution in [0.5, 0.6) is 5.75 Å². The van der Waals surface area contributed by atoms with Crippen LogP contribution in [0.15, 0.2) is 24.3 Å². The minimum atomic E-state index is 0.200. The van der Waals surface area contributed by atoms with Crippen LogP contribution in [0.3, 0.4) is 0 Å². The van der Waals surface area contributed by atoms with Crippen LogP contribution >= 0.6 is 22.6 Å². The predicted molar refractivity (Wildman–Crippen MR) is 91.3 cm³/mol. The van der Waals surface area contributed by atoms with Crippen molar-refractivity contribution < 1.29 is 9.84 Å². The van der Waals surface area contributed by atoms with Gasteiger partial charge in [0.15, 0.2) is 5.82 Å². The molecular formula is C15H18IN3O2. The van der Waals surface area contributed by atoms with E-state index in [1.54, 1.807) is 25.3 Å². The Kier molecular flexibility index (Phi) is 5.75. The van der Waals surface area contributed by atoms with E-state index in [0.717, 1.165) is 33.6 Å². The Morgan fingerprint density at radius 3 is 2.81 bits per heavy atom. The maximum absolute atomic E-state index is 9.62. The van der Waals surface area contributed by atoms with Gasteiger partial charge >= 0.3 is 0 Å². The average Bonchev–Trinajstić information content (AvgIpc) is 2.48. The Bertz CT molecular complexity index is 620. The first-order valence-electron chi connectivity index (χ1n) is 6.74. The van der Waals surface area contributed by atoms with Crippen molar-refractivity contribution in [1.29, 1.82) is 0 Å². The summed E-state index contributed by atoms with van der Waals surface area (Å²) in [4.78, 5) is 9.12. The van der Waals surface area contributed by atoms with Gasteiger partial charge in [0.25, 0.3) is 0 Å². The number of aromatic hydroxyl groups is 1. The van der Waals surface area contributed by atoms with Crippen LogP contribution in [-0.4, -0.2) is 28.7 Å². The second-order valence-electron chi connectivity index (χ2n) is 4.57. The number of ether oxygens (including phenoxy) is 1. The van der Waals surface area contributed by atoms with Gasteiger partial charge in [-0.25, -0.2) is 9.97 Å². The van der Waals surface area contributed by atoms with Gasteiger partial charge in [-0.2, -0.15) is 0 Å². The molecule has 0 aliphatic rings. The van der Waals surface area contributed by atoms with Gasteiger partial charge in [-0.3, -0.25) is 0 Å². The fourth-order valence-corrected chi connectivity index (χ4v) is 2.45. The molecular weight excluding hydrogens is 381 g/mol. The molecule has 2 aromatic rings. The van der Waals surface area contributed by atoms with Gasteiger partial charge < -0.3 is 15.2 Å². The van der Waals surface area contributed by atoms with Gasteiger partial charge in [-0.1, -0.05) is 19.1 Å². The lowest BCUT2D eigenvalue weighted by Crippen LogP contribution is -2.09. The zero-order chi connectivity index (χ0) is 15.2. The van der Waals surface area contributed by atoms with Crippen LogP contribution in [-0.2, 0) is 11.3 Å². The van der Waals surface area contributed by atoms with Crippen LogP contribution in [0, 0.1) is 3.57 Å². The van der Waals surface area contributed by atoms with Gasteiger partial charge in [0.2, 0.25) is 0 Å². The highest BCUT2D eigenvalue weighted by atomic mass is 127. The fourth-order valence-electron chi connectivity index (χ4n) is 1.86. The Balaban J connectivity index is 2.47. The van der Waals surface area contributed by atoms with Gasteiger partial charge in [-0.15, -0.1) is 0 Å². The van der Waals surface area contributed by atoms with E-state index in [2.05, 4.69) is 44.8 Å². The summed E-state index contributed by atoms with van der Waals surface area (Å²) in [5.41, 5.74) is 1.62. The van der Waals surface area contributed by atoms with Crippen molar-refractivity contribution in [2.45, 2.75) is 20.0 Å². The highest BCUT2D eigenvalue weighted by Crippen LogP contribution is 2.26. The summed E-state index contributed by atoms with van der Waals surface area (Å²) in [6, 6.07) is 6.94. The van der Waals surface area contributed by atoms with Crippen LogP contribution in [0.2, 0.25) is 0 Å². The number of hydrogen-bond acceptors (Lipinski definition) is 5. The molecule has 1 aromatic carbocycles. The van der Waals surface area contributed by atoms with E-state index < -0.39 is 0 Å². The van der Waals surface area contributed by atoms with Crippen molar-refractivity contribution in [1.82, 2.24) is 9.97 Å². The molecule has 0 unspecified atom stereocenters. The van der Waals surface area contributed by atoms with Crippen molar-refractivity contribution >= 4 is 28.4 Å². The van der Waals surface area contributed by atoms with E-state index in [4.69, 9.17) is 4.74 Å². The third-order valence-corrected chi connectivity index (χ3v) is 3.98. The summed E-state index contributed by atoms with van der Waals surface area (Å²) in [5.74, 6) is 1.58. The molecule has 0 saturated heterocycles. The number of nitrogens with zero attached hydrogens (tertiary/aromatic N) is 2. The van der Waals surface area contributed by atoms with E-state index in [1.165, 1.54) is 0 Å². The van der Waals surface area contributed by atoms with Gasteiger partial charge in [0.1, 0.15) is 11.6 Å². The van der Waals surface area contributed by atoms with E-state index in [-0.39, 0.29) is 5.75 Å². The molecule has 0 spiro atoms. The van der Waals surface area contributed by atoms with Crippen LogP contribution < -0.4 is 5.32 Å². The first kappa shape index (κ1) is 16.0. The quantitative estimate of drug-likeness (QED) is 0.729. The van der Waals surface area contributed by atoms with Gasteiger partial charge in [0.05, 0.1) is 15.9 Å². The van der Waals surface area contributed by atoms with Crippen LogP contribution in [0.25, 0.3) is 11.4 Å². The van der Waals surface area contributed by atoms with Gasteiger partial charge in [0, 0.05) is 19.2 Å². The molecule has 0 amide bonds. The zero-order valence-corrected chi connectivity index (χ0v) is 14.2. The highest BCUT2D eigenvalue weighted by molar-refractivity contribution is 14.1. The Labute approximate surface area is 137 Å². The Morgan fingerprint density at radius 1 is 1.33 bits per heavy atom. The average molecular weight is 399 g/mol. The van der Waals surface area contributed by atoms with Crippen molar-refractivity contribution in [2.24, 2.45) is 0 Å². The lowest BCUT2D eigenvalue weighted by atomic mass is 10.2. The molecule has 6 heteroatoms. The molecule has 21 heavy (non-hydrogen) atoms. The normalized spacial score (nSPS) is 10.6. The number of methoxy groups -OCH3 is 1. The molecule has 0 aliphatic carbocycles. The van der Waals surface area contributed by atoms with E-state index >= 15 is 0 Å². The van der Waals surface area contributed by atoms with Crippen molar-refractivity contribution in [2.75, 3.05) is 19.0 Å². The molecule has 0 atom stereocenters. The first-order valence-corrected chi connectivity index (χ1v) is 7.82. The number of phenols is 1. The zero-order valence-electron chi connectivity index (χ0n) is 12.1. The monoisotopic (exact) mass is 399 g/mol. The fraction of sp³-hybridized carbons (Fsp3) is 0.333. The third kappa shape index (κ3) is 4.04. The van der Waals surface area contributed by atoms with Crippen molar-refractivity contribution in [3.8, 4) is 17.1 Å². The van der Waals surface area contributed by atoms with Crippen LogP contribution in [0.1, 0.15) is 19.0 Å². The molecule has 0 aliphatic heterocycles. The Morgan fingerprint density at radius 2 is 2.14 bits per heavy atom. The number of aromatic nitrogens is 2. The predicted octanol–water partition coefficient (Wildman–Crippen LogP) is 3.42. The van der Waals surface area contributed by atoms with Gasteiger partial charge in [-0.05, 0) is 41.1 Å². The molecule has 2 N–H and O–H groups in total. The lowest BCUT2D eigenvalue weighted by Gasteiger charge is -2.12. The summed E-state index contributed by atoms with van der Waals surface area (Å²) in [5, 5.41) is 12.9. The molecule has 5 nitrogen and oxygen atoms in total. The number of phenolic OH excluding ortho intramolecular Hbond substituents is 1. The Hall–Kier alpha value is -1.41. The van der Waals surface area contributed by atoms with E-state index in [1.807, 2.05) is 6.07 Å². The van der Waals surface area contributed by atoms with E-state index in [0.29, 0.717) is 12.4 Å². The van der Waals surface area contributed by atoms with Crippen LogP contribution in [0.4, 0.5) is 5.82 Å². The number of rotatable bonds is 6. The minimum absolute atomic E-state index is 0.200.